The van der Waals surface area contributed by atoms with Crippen LogP contribution in [0.15, 0.2) is 26.5 Å². The van der Waals surface area contributed by atoms with Gasteiger partial charge in [0.2, 0.25) is 0 Å². The minimum Gasteiger partial charge on any atom is -0.355 e. The summed E-state index contributed by atoms with van der Waals surface area (Å²) in [5, 5.41) is 9.36. The van der Waals surface area contributed by atoms with Crippen LogP contribution in [-0.4, -0.2) is 11.2 Å². The predicted molar refractivity (Wildman–Crippen MR) is 69.5 cm³/mol. The molecule has 0 aromatic carbocycles. The average molecular weight is 301 g/mol. The second kappa shape index (κ2) is 5.12. The van der Waals surface area contributed by atoms with Crippen molar-refractivity contribution in [2.24, 2.45) is 0 Å². The quantitative estimate of drug-likeness (QED) is 0.936. The van der Waals surface area contributed by atoms with Crippen LogP contribution in [0.25, 0.3) is 10.6 Å². The molecule has 0 amide bonds. The molecule has 2 aromatic heterocycles. The highest BCUT2D eigenvalue weighted by molar-refractivity contribution is 9.10. The number of halogens is 1. The van der Waals surface area contributed by atoms with Crippen LogP contribution >= 0.6 is 27.3 Å². The summed E-state index contributed by atoms with van der Waals surface area (Å²) < 4.78 is 6.37. The van der Waals surface area contributed by atoms with E-state index in [0.717, 1.165) is 27.3 Å². The minimum absolute atomic E-state index is 0.455. The molecular weight excluding hydrogens is 288 g/mol. The average Bonchev–Trinajstić information content (AvgIpc) is 2.83. The lowest BCUT2D eigenvalue weighted by Crippen LogP contribution is -2.21. The molecule has 0 fully saturated rings. The second-order valence-electron chi connectivity index (χ2n) is 3.85. The summed E-state index contributed by atoms with van der Waals surface area (Å²) in [5.74, 6) is 0.830. The summed E-state index contributed by atoms with van der Waals surface area (Å²) in [6.45, 7) is 4.96. The minimum atomic E-state index is 0.455. The lowest BCUT2D eigenvalue weighted by atomic mass is 10.3. The van der Waals surface area contributed by atoms with Crippen LogP contribution in [0.1, 0.15) is 19.5 Å². The van der Waals surface area contributed by atoms with Crippen LogP contribution in [0.5, 0.6) is 0 Å². The first-order valence-electron chi connectivity index (χ1n) is 5.08. The van der Waals surface area contributed by atoms with Crippen molar-refractivity contribution in [2.75, 3.05) is 0 Å². The molecule has 0 aliphatic heterocycles. The molecule has 86 valence electrons. The van der Waals surface area contributed by atoms with E-state index in [0.29, 0.717) is 6.04 Å². The summed E-state index contributed by atoms with van der Waals surface area (Å²) in [6, 6.07) is 4.47. The zero-order valence-corrected chi connectivity index (χ0v) is 11.6. The van der Waals surface area contributed by atoms with Crippen LogP contribution in [0.2, 0.25) is 0 Å². The van der Waals surface area contributed by atoms with E-state index in [2.05, 4.69) is 40.3 Å². The van der Waals surface area contributed by atoms with Crippen LogP contribution in [-0.2, 0) is 6.54 Å². The van der Waals surface area contributed by atoms with E-state index in [-0.39, 0.29) is 0 Å². The van der Waals surface area contributed by atoms with Crippen LogP contribution in [0.4, 0.5) is 0 Å². The Morgan fingerprint density at radius 2 is 2.31 bits per heavy atom. The molecule has 2 heterocycles. The third-order valence-electron chi connectivity index (χ3n) is 2.06. The van der Waals surface area contributed by atoms with E-state index in [9.17, 15) is 0 Å². The molecule has 3 nitrogen and oxygen atoms in total. The number of nitrogens with one attached hydrogen (secondary N) is 1. The summed E-state index contributed by atoms with van der Waals surface area (Å²) in [7, 11) is 0. The van der Waals surface area contributed by atoms with Crippen molar-refractivity contribution in [3.8, 4) is 10.6 Å². The Kier molecular flexibility index (Phi) is 3.78. The van der Waals surface area contributed by atoms with Gasteiger partial charge in [0.05, 0.1) is 10.6 Å². The largest absolute Gasteiger partial charge is 0.355 e. The molecule has 2 rings (SSSR count). The fourth-order valence-electron chi connectivity index (χ4n) is 1.26. The third-order valence-corrected chi connectivity index (χ3v) is 3.77. The number of aromatic nitrogens is 1. The van der Waals surface area contributed by atoms with E-state index in [1.165, 1.54) is 0 Å². The van der Waals surface area contributed by atoms with E-state index < -0.39 is 0 Å². The lowest BCUT2D eigenvalue weighted by Gasteiger charge is -2.03. The van der Waals surface area contributed by atoms with Crippen molar-refractivity contribution < 1.29 is 4.52 Å². The SMILES string of the molecule is CC(C)NCc1cc(-c2cc(Br)cs2)on1. The van der Waals surface area contributed by atoms with Crippen molar-refractivity contribution in [2.45, 2.75) is 26.4 Å². The summed E-state index contributed by atoms with van der Waals surface area (Å²) in [5.41, 5.74) is 0.938. The number of nitrogens with zero attached hydrogens (tertiary/aromatic N) is 1. The van der Waals surface area contributed by atoms with Gasteiger partial charge in [-0.3, -0.25) is 0 Å². The monoisotopic (exact) mass is 300 g/mol. The van der Waals surface area contributed by atoms with Gasteiger partial charge in [0.25, 0.3) is 0 Å². The van der Waals surface area contributed by atoms with E-state index in [4.69, 9.17) is 4.52 Å². The normalized spacial score (nSPS) is 11.2. The van der Waals surface area contributed by atoms with Gasteiger partial charge in [0.1, 0.15) is 0 Å². The van der Waals surface area contributed by atoms with Gasteiger partial charge < -0.3 is 9.84 Å². The zero-order valence-electron chi connectivity index (χ0n) is 9.16. The van der Waals surface area contributed by atoms with E-state index >= 15 is 0 Å². The van der Waals surface area contributed by atoms with Gasteiger partial charge in [-0.1, -0.05) is 19.0 Å². The number of thiophene rings is 1. The van der Waals surface area contributed by atoms with Crippen LogP contribution in [0.3, 0.4) is 0 Å². The first-order chi connectivity index (χ1) is 7.65. The highest BCUT2D eigenvalue weighted by Gasteiger charge is 2.08. The lowest BCUT2D eigenvalue weighted by molar-refractivity contribution is 0.418. The summed E-state index contributed by atoms with van der Waals surface area (Å²) in [4.78, 5) is 1.09. The van der Waals surface area contributed by atoms with Gasteiger partial charge in [0.15, 0.2) is 5.76 Å². The molecule has 0 aliphatic rings. The number of hydrogen-bond donors (Lipinski definition) is 1. The molecular formula is C11H13BrN2OS. The molecule has 0 atom stereocenters. The third kappa shape index (κ3) is 2.93. The van der Waals surface area contributed by atoms with Crippen molar-refractivity contribution in [1.82, 2.24) is 10.5 Å². The smallest absolute Gasteiger partial charge is 0.177 e. The van der Waals surface area contributed by atoms with Crippen LogP contribution in [0, 0.1) is 0 Å². The standard InChI is InChI=1S/C11H13BrN2OS/c1-7(2)13-5-9-4-10(15-14-9)11-3-8(12)6-16-11/h3-4,6-7,13H,5H2,1-2H3. The molecule has 5 heteroatoms. The fourth-order valence-corrected chi connectivity index (χ4v) is 2.64. The first-order valence-corrected chi connectivity index (χ1v) is 6.76. The molecule has 0 bridgehead atoms. The molecule has 0 saturated heterocycles. The second-order valence-corrected chi connectivity index (χ2v) is 5.67. The Morgan fingerprint density at radius 1 is 1.50 bits per heavy atom. The van der Waals surface area contributed by atoms with E-state index in [1.807, 2.05) is 17.5 Å². The van der Waals surface area contributed by atoms with Gasteiger partial charge in [-0.2, -0.15) is 0 Å². The van der Waals surface area contributed by atoms with Gasteiger partial charge in [-0.15, -0.1) is 11.3 Å². The van der Waals surface area contributed by atoms with Crippen molar-refractivity contribution in [3.63, 3.8) is 0 Å². The molecule has 1 N–H and O–H groups in total. The Labute approximate surface area is 107 Å². The highest BCUT2D eigenvalue weighted by atomic mass is 79.9. The number of rotatable bonds is 4. The topological polar surface area (TPSA) is 38.1 Å². The molecule has 0 spiro atoms. The first kappa shape index (κ1) is 11.8. The Balaban J connectivity index is 2.07. The van der Waals surface area contributed by atoms with Crippen molar-refractivity contribution in [1.29, 1.82) is 0 Å². The Morgan fingerprint density at radius 3 is 2.94 bits per heavy atom. The predicted octanol–water partition coefficient (Wildman–Crippen LogP) is 3.66. The highest BCUT2D eigenvalue weighted by Crippen LogP contribution is 2.30. The Hall–Kier alpha value is -0.650. The molecule has 0 aliphatic carbocycles. The van der Waals surface area contributed by atoms with E-state index in [1.54, 1.807) is 11.3 Å². The van der Waals surface area contributed by atoms with Gasteiger partial charge >= 0.3 is 0 Å². The number of hydrogen-bond acceptors (Lipinski definition) is 4. The van der Waals surface area contributed by atoms with Crippen molar-refractivity contribution in [3.05, 3.63) is 27.7 Å². The Bertz CT molecular complexity index is 464. The van der Waals surface area contributed by atoms with Crippen molar-refractivity contribution >= 4 is 27.3 Å². The maximum Gasteiger partial charge on any atom is 0.177 e. The fraction of sp³-hybridized carbons (Fsp3) is 0.364. The summed E-state index contributed by atoms with van der Waals surface area (Å²) in [6.07, 6.45) is 0. The molecule has 16 heavy (non-hydrogen) atoms. The van der Waals surface area contributed by atoms with Crippen LogP contribution < -0.4 is 5.32 Å². The van der Waals surface area contributed by atoms with Gasteiger partial charge in [0, 0.05) is 28.5 Å². The maximum absolute atomic E-state index is 5.30. The molecule has 2 aromatic rings. The van der Waals surface area contributed by atoms with Gasteiger partial charge in [-0.25, -0.2) is 0 Å². The van der Waals surface area contributed by atoms with Gasteiger partial charge in [-0.05, 0) is 22.0 Å². The maximum atomic E-state index is 5.30. The molecule has 0 saturated carbocycles. The molecule has 0 unspecified atom stereocenters. The zero-order chi connectivity index (χ0) is 11.5. The summed E-state index contributed by atoms with van der Waals surface area (Å²) >= 11 is 5.06. The molecule has 0 radical (unpaired) electrons.